The Morgan fingerprint density at radius 3 is 3.08 bits per heavy atom. The van der Waals surface area contributed by atoms with Crippen molar-refractivity contribution in [1.82, 2.24) is 15.1 Å². The minimum atomic E-state index is -0.550. The Hall–Kier alpha value is -1.39. The van der Waals surface area contributed by atoms with Crippen molar-refractivity contribution in [3.05, 3.63) is 18.0 Å². The summed E-state index contributed by atoms with van der Waals surface area (Å²) in [4.78, 5) is 11.1. The lowest BCUT2D eigenvalue weighted by molar-refractivity contribution is 0.0951. The highest BCUT2D eigenvalue weighted by Crippen LogP contribution is 1.94. The van der Waals surface area contributed by atoms with E-state index in [9.17, 15) is 9.18 Å². The molecule has 0 aliphatic heterocycles. The van der Waals surface area contributed by atoms with E-state index < -0.39 is 6.67 Å². The molecule has 1 rings (SSSR count). The summed E-state index contributed by atoms with van der Waals surface area (Å²) in [5.41, 5.74) is 0.450. The molecule has 0 aliphatic rings. The topological polar surface area (TPSA) is 46.9 Å². The Kier molecular flexibility index (Phi) is 2.79. The summed E-state index contributed by atoms with van der Waals surface area (Å²) in [5, 5.41) is 6.20. The lowest BCUT2D eigenvalue weighted by atomic mass is 10.3. The van der Waals surface area contributed by atoms with Gasteiger partial charge in [-0.15, -0.1) is 0 Å². The molecule has 1 N–H and O–H groups in total. The van der Waals surface area contributed by atoms with E-state index in [4.69, 9.17) is 0 Å². The van der Waals surface area contributed by atoms with Crippen LogP contribution < -0.4 is 5.32 Å². The molecule has 0 radical (unpaired) electrons. The van der Waals surface area contributed by atoms with E-state index in [1.54, 1.807) is 13.2 Å². The van der Waals surface area contributed by atoms with Crippen LogP contribution >= 0.6 is 0 Å². The van der Waals surface area contributed by atoms with Gasteiger partial charge in [-0.25, -0.2) is 4.39 Å². The van der Waals surface area contributed by atoms with Crippen LogP contribution in [0, 0.1) is 0 Å². The summed E-state index contributed by atoms with van der Waals surface area (Å²) >= 11 is 0. The number of rotatable bonds is 3. The number of hydrogen-bond acceptors (Lipinski definition) is 2. The monoisotopic (exact) mass is 171 g/mol. The highest BCUT2D eigenvalue weighted by Gasteiger charge is 2.05. The van der Waals surface area contributed by atoms with Gasteiger partial charge < -0.3 is 5.32 Å². The van der Waals surface area contributed by atoms with E-state index in [0.29, 0.717) is 5.56 Å². The Labute approximate surface area is 69.4 Å². The van der Waals surface area contributed by atoms with Gasteiger partial charge in [-0.2, -0.15) is 5.10 Å². The summed E-state index contributed by atoms with van der Waals surface area (Å²) in [6.45, 7) is -0.500. The molecule has 0 atom stereocenters. The molecule has 1 heterocycles. The number of nitrogens with zero attached hydrogens (tertiary/aromatic N) is 2. The molecule has 0 aromatic carbocycles. The molecule has 1 amide bonds. The molecule has 0 unspecified atom stereocenters. The smallest absolute Gasteiger partial charge is 0.254 e. The van der Waals surface area contributed by atoms with Crippen molar-refractivity contribution >= 4 is 5.91 Å². The van der Waals surface area contributed by atoms with Crippen molar-refractivity contribution < 1.29 is 9.18 Å². The lowest BCUT2D eigenvalue weighted by Gasteiger charge is -1.97. The van der Waals surface area contributed by atoms with Gasteiger partial charge in [0.2, 0.25) is 0 Å². The molecule has 0 fully saturated rings. The summed E-state index contributed by atoms with van der Waals surface area (Å²) in [5.74, 6) is -0.291. The fourth-order valence-electron chi connectivity index (χ4n) is 0.801. The van der Waals surface area contributed by atoms with Gasteiger partial charge in [0.1, 0.15) is 6.67 Å². The van der Waals surface area contributed by atoms with Gasteiger partial charge in [0, 0.05) is 19.8 Å². The van der Waals surface area contributed by atoms with Gasteiger partial charge in [0.25, 0.3) is 5.91 Å². The standard InChI is InChI=1S/C7H10FN3O/c1-11-5-6(4-10-11)7(12)9-3-2-8/h4-5H,2-3H2,1H3,(H,9,12). The Morgan fingerprint density at radius 2 is 2.58 bits per heavy atom. The molecular weight excluding hydrogens is 161 g/mol. The van der Waals surface area contributed by atoms with Crippen LogP contribution in [0.4, 0.5) is 4.39 Å². The number of aromatic nitrogens is 2. The molecule has 1 aromatic heterocycles. The minimum Gasteiger partial charge on any atom is -0.349 e. The number of alkyl halides is 1. The van der Waals surface area contributed by atoms with E-state index in [0.717, 1.165) is 0 Å². The molecule has 0 aliphatic carbocycles. The number of nitrogens with one attached hydrogen (secondary N) is 1. The fourth-order valence-corrected chi connectivity index (χ4v) is 0.801. The van der Waals surface area contributed by atoms with Crippen LogP contribution in [0.5, 0.6) is 0 Å². The molecular formula is C7H10FN3O. The van der Waals surface area contributed by atoms with E-state index in [1.165, 1.54) is 10.9 Å². The third-order valence-corrected chi connectivity index (χ3v) is 1.35. The van der Waals surface area contributed by atoms with Crippen LogP contribution in [0.1, 0.15) is 10.4 Å². The molecule has 1 aromatic rings. The maximum absolute atomic E-state index is 11.6. The van der Waals surface area contributed by atoms with Crippen LogP contribution in [0.3, 0.4) is 0 Å². The van der Waals surface area contributed by atoms with E-state index in [1.807, 2.05) is 0 Å². The zero-order valence-corrected chi connectivity index (χ0v) is 6.75. The molecule has 4 nitrogen and oxygen atoms in total. The fraction of sp³-hybridized carbons (Fsp3) is 0.429. The summed E-state index contributed by atoms with van der Waals surface area (Å²) < 4.78 is 13.2. The molecule has 0 bridgehead atoms. The molecule has 0 spiro atoms. The van der Waals surface area contributed by atoms with Gasteiger partial charge in [0.05, 0.1) is 11.8 Å². The minimum absolute atomic E-state index is 0.0493. The first kappa shape index (κ1) is 8.70. The van der Waals surface area contributed by atoms with Crippen LogP contribution in [0.15, 0.2) is 12.4 Å². The van der Waals surface area contributed by atoms with E-state index >= 15 is 0 Å². The quantitative estimate of drug-likeness (QED) is 0.702. The largest absolute Gasteiger partial charge is 0.349 e. The van der Waals surface area contributed by atoms with Gasteiger partial charge in [-0.05, 0) is 0 Å². The second-order valence-electron chi connectivity index (χ2n) is 2.35. The summed E-state index contributed by atoms with van der Waals surface area (Å²) in [6.07, 6.45) is 3.02. The van der Waals surface area contributed by atoms with Gasteiger partial charge in [-0.3, -0.25) is 9.48 Å². The maximum atomic E-state index is 11.6. The number of aryl methyl sites for hydroxylation is 1. The Bertz CT molecular complexity index is 271. The zero-order valence-electron chi connectivity index (χ0n) is 6.75. The Morgan fingerprint density at radius 1 is 1.83 bits per heavy atom. The Balaban J connectivity index is 2.53. The first-order valence-electron chi connectivity index (χ1n) is 3.57. The second kappa shape index (κ2) is 3.85. The lowest BCUT2D eigenvalue weighted by Crippen LogP contribution is -2.24. The van der Waals surface area contributed by atoms with Crippen molar-refractivity contribution in [2.45, 2.75) is 0 Å². The van der Waals surface area contributed by atoms with Gasteiger partial charge in [-0.1, -0.05) is 0 Å². The first-order valence-corrected chi connectivity index (χ1v) is 3.57. The van der Waals surface area contributed by atoms with E-state index in [-0.39, 0.29) is 12.5 Å². The number of halogens is 1. The van der Waals surface area contributed by atoms with Crippen molar-refractivity contribution in [1.29, 1.82) is 0 Å². The first-order chi connectivity index (χ1) is 5.74. The molecule has 0 saturated heterocycles. The van der Waals surface area contributed by atoms with E-state index in [2.05, 4.69) is 10.4 Å². The number of carbonyl (C=O) groups is 1. The van der Waals surface area contributed by atoms with Crippen LogP contribution in [-0.2, 0) is 7.05 Å². The summed E-state index contributed by atoms with van der Waals surface area (Å²) in [6, 6.07) is 0. The third-order valence-electron chi connectivity index (χ3n) is 1.35. The van der Waals surface area contributed by atoms with Crippen molar-refractivity contribution in [3.8, 4) is 0 Å². The van der Waals surface area contributed by atoms with Crippen molar-refractivity contribution in [2.75, 3.05) is 13.2 Å². The molecule has 0 saturated carbocycles. The maximum Gasteiger partial charge on any atom is 0.254 e. The zero-order chi connectivity index (χ0) is 8.97. The highest BCUT2D eigenvalue weighted by molar-refractivity contribution is 5.93. The number of hydrogen-bond donors (Lipinski definition) is 1. The molecule has 66 valence electrons. The average molecular weight is 171 g/mol. The van der Waals surface area contributed by atoms with Gasteiger partial charge in [0.15, 0.2) is 0 Å². The number of amides is 1. The van der Waals surface area contributed by atoms with Crippen LogP contribution in [0.2, 0.25) is 0 Å². The SMILES string of the molecule is Cn1cc(C(=O)NCCF)cn1. The predicted molar refractivity (Wildman–Crippen MR) is 41.5 cm³/mol. The number of carbonyl (C=O) groups excluding carboxylic acids is 1. The molecule has 12 heavy (non-hydrogen) atoms. The van der Waals surface area contributed by atoms with Crippen molar-refractivity contribution in [2.24, 2.45) is 7.05 Å². The van der Waals surface area contributed by atoms with Crippen LogP contribution in [0.25, 0.3) is 0 Å². The third kappa shape index (κ3) is 2.05. The second-order valence-corrected chi connectivity index (χ2v) is 2.35. The van der Waals surface area contributed by atoms with Gasteiger partial charge >= 0.3 is 0 Å². The molecule has 5 heteroatoms. The normalized spacial score (nSPS) is 9.83. The summed E-state index contributed by atoms with van der Waals surface area (Å²) in [7, 11) is 1.71. The predicted octanol–water partition coefficient (Wildman–Crippen LogP) is 0.119. The highest BCUT2D eigenvalue weighted by atomic mass is 19.1. The average Bonchev–Trinajstić information content (AvgIpc) is 2.47. The van der Waals surface area contributed by atoms with Crippen LogP contribution in [-0.4, -0.2) is 28.9 Å². The van der Waals surface area contributed by atoms with Crippen molar-refractivity contribution in [3.63, 3.8) is 0 Å².